The predicted molar refractivity (Wildman–Crippen MR) is 112 cm³/mol. The lowest BCUT2D eigenvalue weighted by Gasteiger charge is -2.24. The van der Waals surface area contributed by atoms with Gasteiger partial charge < -0.3 is 4.74 Å². The van der Waals surface area contributed by atoms with Crippen LogP contribution >= 0.6 is 0 Å². The fraction of sp³-hybridized carbons (Fsp3) is 0.174. The molecule has 0 N–H and O–H groups in total. The number of Topliss-reactive ketones (excluding diaryl/α,β-unsaturated/α-hetero) is 1. The van der Waals surface area contributed by atoms with Gasteiger partial charge in [0, 0.05) is 24.2 Å². The van der Waals surface area contributed by atoms with E-state index in [0.717, 1.165) is 5.56 Å². The number of methoxy groups -OCH3 is 1. The Bertz CT molecular complexity index is 1080. The molecule has 0 radical (unpaired) electrons. The molecule has 0 amide bonds. The molecule has 0 saturated heterocycles. The molecular weight excluding hydrogens is 386 g/mol. The molecule has 0 spiro atoms. The van der Waals surface area contributed by atoms with E-state index in [1.807, 2.05) is 30.3 Å². The summed E-state index contributed by atoms with van der Waals surface area (Å²) in [6.07, 6.45) is 0. The average molecular weight is 410 g/mol. The van der Waals surface area contributed by atoms with Crippen LogP contribution in [0.5, 0.6) is 5.75 Å². The van der Waals surface area contributed by atoms with Gasteiger partial charge in [-0.05, 0) is 42.8 Å². The van der Waals surface area contributed by atoms with Gasteiger partial charge in [0.05, 0.1) is 12.0 Å². The SMILES string of the molecule is COc1ccc(C(C)=O)cc1CN(Cc1ccccc1)S(=O)(=O)c1ccccc1. The van der Waals surface area contributed by atoms with Crippen molar-refractivity contribution in [1.29, 1.82) is 0 Å². The number of rotatable bonds is 8. The Balaban J connectivity index is 2.04. The zero-order valence-electron chi connectivity index (χ0n) is 16.4. The number of ketones is 1. The van der Waals surface area contributed by atoms with Gasteiger partial charge >= 0.3 is 0 Å². The normalized spacial score (nSPS) is 11.4. The molecule has 6 heteroatoms. The van der Waals surface area contributed by atoms with E-state index >= 15 is 0 Å². The largest absolute Gasteiger partial charge is 0.496 e. The molecule has 0 heterocycles. The number of hydrogen-bond acceptors (Lipinski definition) is 4. The molecule has 0 aliphatic heterocycles. The molecule has 0 aliphatic rings. The monoisotopic (exact) mass is 409 g/mol. The second kappa shape index (κ2) is 9.03. The summed E-state index contributed by atoms with van der Waals surface area (Å²) < 4.78 is 33.6. The second-order valence-corrected chi connectivity index (χ2v) is 8.59. The average Bonchev–Trinajstić information content (AvgIpc) is 2.74. The van der Waals surface area contributed by atoms with Crippen LogP contribution < -0.4 is 4.74 Å². The number of hydrogen-bond donors (Lipinski definition) is 0. The number of carbonyl (C=O) groups is 1. The molecule has 29 heavy (non-hydrogen) atoms. The van der Waals surface area contributed by atoms with E-state index in [-0.39, 0.29) is 23.8 Å². The highest BCUT2D eigenvalue weighted by molar-refractivity contribution is 7.89. The first-order valence-electron chi connectivity index (χ1n) is 9.19. The number of benzene rings is 3. The molecule has 0 bridgehead atoms. The van der Waals surface area contributed by atoms with Crippen LogP contribution in [0.3, 0.4) is 0 Å². The van der Waals surface area contributed by atoms with E-state index in [2.05, 4.69) is 0 Å². The van der Waals surface area contributed by atoms with Gasteiger partial charge in [0.15, 0.2) is 5.78 Å². The minimum atomic E-state index is -3.76. The third-order valence-electron chi connectivity index (χ3n) is 4.62. The molecule has 3 rings (SSSR count). The summed E-state index contributed by atoms with van der Waals surface area (Å²) in [5.74, 6) is 0.450. The molecule has 0 aliphatic carbocycles. The van der Waals surface area contributed by atoms with Crippen LogP contribution in [0.2, 0.25) is 0 Å². The number of nitrogens with zero attached hydrogens (tertiary/aromatic N) is 1. The first-order chi connectivity index (χ1) is 13.9. The molecular formula is C23H23NO4S. The van der Waals surface area contributed by atoms with Crippen molar-refractivity contribution in [3.8, 4) is 5.75 Å². The molecule has 0 aromatic heterocycles. The zero-order chi connectivity index (χ0) is 20.9. The van der Waals surface area contributed by atoms with Crippen LogP contribution in [-0.2, 0) is 23.1 Å². The van der Waals surface area contributed by atoms with Gasteiger partial charge in [-0.3, -0.25) is 4.79 Å². The maximum absolute atomic E-state index is 13.4. The molecule has 3 aromatic carbocycles. The Hall–Kier alpha value is -2.96. The number of ether oxygens (including phenoxy) is 1. The molecule has 5 nitrogen and oxygen atoms in total. The zero-order valence-corrected chi connectivity index (χ0v) is 17.2. The molecule has 150 valence electrons. The predicted octanol–water partition coefficient (Wildman–Crippen LogP) is 4.29. The lowest BCUT2D eigenvalue weighted by Crippen LogP contribution is -2.30. The minimum Gasteiger partial charge on any atom is -0.496 e. The molecule has 0 saturated carbocycles. The van der Waals surface area contributed by atoms with E-state index in [1.165, 1.54) is 18.3 Å². The summed E-state index contributed by atoms with van der Waals surface area (Å²) in [6.45, 7) is 1.76. The number of sulfonamides is 1. The first-order valence-corrected chi connectivity index (χ1v) is 10.6. The Morgan fingerprint density at radius 3 is 2.10 bits per heavy atom. The van der Waals surface area contributed by atoms with Crippen LogP contribution in [0.1, 0.15) is 28.4 Å². The Kier molecular flexibility index (Phi) is 6.46. The van der Waals surface area contributed by atoms with Crippen LogP contribution in [0, 0.1) is 0 Å². The van der Waals surface area contributed by atoms with Crippen LogP contribution in [0.25, 0.3) is 0 Å². The van der Waals surface area contributed by atoms with E-state index in [0.29, 0.717) is 16.9 Å². The lowest BCUT2D eigenvalue weighted by molar-refractivity contribution is 0.101. The van der Waals surface area contributed by atoms with Gasteiger partial charge in [0.2, 0.25) is 10.0 Å². The maximum Gasteiger partial charge on any atom is 0.243 e. The fourth-order valence-corrected chi connectivity index (χ4v) is 4.49. The highest BCUT2D eigenvalue weighted by atomic mass is 32.2. The Morgan fingerprint density at radius 2 is 1.52 bits per heavy atom. The highest BCUT2D eigenvalue weighted by Crippen LogP contribution is 2.26. The van der Waals surface area contributed by atoms with Crippen molar-refractivity contribution in [3.05, 3.63) is 95.6 Å². The summed E-state index contributed by atoms with van der Waals surface area (Å²) in [7, 11) is -2.24. The van der Waals surface area contributed by atoms with E-state index in [1.54, 1.807) is 48.5 Å². The quantitative estimate of drug-likeness (QED) is 0.521. The van der Waals surface area contributed by atoms with Crippen molar-refractivity contribution in [1.82, 2.24) is 4.31 Å². The van der Waals surface area contributed by atoms with E-state index in [4.69, 9.17) is 4.74 Å². The van der Waals surface area contributed by atoms with Gasteiger partial charge in [-0.15, -0.1) is 0 Å². The third kappa shape index (κ3) is 4.91. The highest BCUT2D eigenvalue weighted by Gasteiger charge is 2.26. The van der Waals surface area contributed by atoms with Crippen molar-refractivity contribution >= 4 is 15.8 Å². The summed E-state index contributed by atoms with van der Waals surface area (Å²) in [5, 5.41) is 0. The molecule has 0 fully saturated rings. The van der Waals surface area contributed by atoms with Crippen LogP contribution in [0.4, 0.5) is 0 Å². The van der Waals surface area contributed by atoms with Crippen molar-refractivity contribution in [2.75, 3.05) is 7.11 Å². The first kappa shape index (κ1) is 20.8. The number of carbonyl (C=O) groups excluding carboxylic acids is 1. The topological polar surface area (TPSA) is 63.7 Å². The third-order valence-corrected chi connectivity index (χ3v) is 6.42. The second-order valence-electron chi connectivity index (χ2n) is 6.65. The summed E-state index contributed by atoms with van der Waals surface area (Å²) in [4.78, 5) is 12.0. The van der Waals surface area contributed by atoms with Crippen LogP contribution in [0.15, 0.2) is 83.8 Å². The molecule has 0 atom stereocenters. The Labute approximate surface area is 171 Å². The van der Waals surface area contributed by atoms with Gasteiger partial charge in [0.25, 0.3) is 0 Å². The standard InChI is InChI=1S/C23H23NO4S/c1-18(25)20-13-14-23(28-2)21(15-20)17-24(16-19-9-5-3-6-10-19)29(26,27)22-11-7-4-8-12-22/h3-15H,16-17H2,1-2H3. The van der Waals surface area contributed by atoms with Crippen molar-refractivity contribution in [3.63, 3.8) is 0 Å². The van der Waals surface area contributed by atoms with E-state index in [9.17, 15) is 13.2 Å². The summed E-state index contributed by atoms with van der Waals surface area (Å²) in [6, 6.07) is 22.8. The van der Waals surface area contributed by atoms with Crippen molar-refractivity contribution < 1.29 is 17.9 Å². The molecule has 3 aromatic rings. The Morgan fingerprint density at radius 1 is 0.897 bits per heavy atom. The van der Waals surface area contributed by atoms with Gasteiger partial charge in [-0.2, -0.15) is 4.31 Å². The summed E-state index contributed by atoms with van der Waals surface area (Å²) >= 11 is 0. The van der Waals surface area contributed by atoms with Crippen molar-refractivity contribution in [2.45, 2.75) is 24.9 Å². The molecule has 0 unspecified atom stereocenters. The fourth-order valence-electron chi connectivity index (χ4n) is 3.07. The van der Waals surface area contributed by atoms with Crippen LogP contribution in [-0.4, -0.2) is 25.6 Å². The van der Waals surface area contributed by atoms with Gasteiger partial charge in [-0.25, -0.2) is 8.42 Å². The van der Waals surface area contributed by atoms with Gasteiger partial charge in [-0.1, -0.05) is 48.5 Å². The smallest absolute Gasteiger partial charge is 0.243 e. The van der Waals surface area contributed by atoms with E-state index < -0.39 is 10.0 Å². The summed E-state index contributed by atoms with van der Waals surface area (Å²) in [5.41, 5.74) is 2.02. The maximum atomic E-state index is 13.4. The minimum absolute atomic E-state index is 0.0798. The van der Waals surface area contributed by atoms with Crippen molar-refractivity contribution in [2.24, 2.45) is 0 Å². The lowest BCUT2D eigenvalue weighted by atomic mass is 10.1. The van der Waals surface area contributed by atoms with Gasteiger partial charge in [0.1, 0.15) is 5.75 Å².